The maximum Gasteiger partial charge on any atom is 0.205 e. The van der Waals surface area contributed by atoms with Crippen LogP contribution in [0.5, 0.6) is 5.75 Å². The number of hydrogen-bond donors (Lipinski definition) is 1. The van der Waals surface area contributed by atoms with Gasteiger partial charge in [0.15, 0.2) is 0 Å². The van der Waals surface area contributed by atoms with Gasteiger partial charge in [-0.1, -0.05) is 0 Å². The molecule has 2 aromatic rings. The Hall–Kier alpha value is -2.58. The highest BCUT2D eigenvalue weighted by Crippen LogP contribution is 2.35. The molecule has 0 aliphatic carbocycles. The highest BCUT2D eigenvalue weighted by Gasteiger charge is 2.30. The van der Waals surface area contributed by atoms with Gasteiger partial charge in [-0.15, -0.1) is 0 Å². The first kappa shape index (κ1) is 15.3. The number of fused-ring (bicyclic) bond motifs is 1. The van der Waals surface area contributed by atoms with Crippen molar-refractivity contribution < 1.29 is 9.47 Å². The van der Waals surface area contributed by atoms with Crippen LogP contribution in [0, 0.1) is 18.3 Å². The van der Waals surface area contributed by atoms with Crippen molar-refractivity contribution in [2.45, 2.75) is 39.7 Å². The van der Waals surface area contributed by atoms with E-state index in [-0.39, 0.29) is 0 Å². The van der Waals surface area contributed by atoms with Gasteiger partial charge >= 0.3 is 0 Å². The van der Waals surface area contributed by atoms with Crippen molar-refractivity contribution >= 4 is 5.69 Å². The Balaban J connectivity index is 1.80. The number of rotatable bonds is 3. The van der Waals surface area contributed by atoms with Gasteiger partial charge in [-0.25, -0.2) is 0 Å². The van der Waals surface area contributed by atoms with Crippen LogP contribution in [-0.4, -0.2) is 10.8 Å². The monoisotopic (exact) mass is 309 g/mol. The van der Waals surface area contributed by atoms with Crippen molar-refractivity contribution in [2.75, 3.05) is 5.32 Å². The zero-order valence-electron chi connectivity index (χ0n) is 13.5. The molecule has 0 unspecified atom stereocenters. The van der Waals surface area contributed by atoms with Crippen molar-refractivity contribution in [1.29, 1.82) is 5.26 Å². The van der Waals surface area contributed by atoms with Crippen LogP contribution in [0.15, 0.2) is 30.5 Å². The van der Waals surface area contributed by atoms with Crippen molar-refractivity contribution in [3.05, 3.63) is 52.8 Å². The highest BCUT2D eigenvalue weighted by molar-refractivity contribution is 5.49. The Morgan fingerprint density at radius 2 is 2.04 bits per heavy atom. The molecule has 0 amide bonds. The first-order valence-corrected chi connectivity index (χ1v) is 7.53. The van der Waals surface area contributed by atoms with Crippen LogP contribution >= 0.6 is 0 Å². The summed E-state index contributed by atoms with van der Waals surface area (Å²) >= 11 is 0. The van der Waals surface area contributed by atoms with Crippen LogP contribution in [0.1, 0.15) is 36.2 Å². The summed E-state index contributed by atoms with van der Waals surface area (Å²) in [6.45, 7) is 6.87. The normalized spacial score (nSPS) is 15.2. The molecule has 0 fully saturated rings. The molecule has 0 saturated carbocycles. The van der Waals surface area contributed by atoms with Gasteiger partial charge in [0.2, 0.25) is 5.79 Å². The zero-order valence-corrected chi connectivity index (χ0v) is 13.5. The molecular weight excluding hydrogens is 290 g/mol. The van der Waals surface area contributed by atoms with Crippen molar-refractivity contribution in [3.63, 3.8) is 0 Å². The van der Waals surface area contributed by atoms with E-state index < -0.39 is 5.79 Å². The Bertz CT molecular complexity index is 761. The smallest absolute Gasteiger partial charge is 0.205 e. The number of hydrogen-bond acceptors (Lipinski definition) is 5. The summed E-state index contributed by atoms with van der Waals surface area (Å²) in [5, 5.41) is 12.2. The van der Waals surface area contributed by atoms with Crippen molar-refractivity contribution in [2.24, 2.45) is 0 Å². The Kier molecular flexibility index (Phi) is 3.93. The lowest BCUT2D eigenvalue weighted by atomic mass is 10.1. The Labute approximate surface area is 135 Å². The molecule has 1 aromatic heterocycles. The third-order valence-electron chi connectivity index (χ3n) is 3.81. The number of aromatic nitrogens is 1. The van der Waals surface area contributed by atoms with Gasteiger partial charge in [0, 0.05) is 37.8 Å². The summed E-state index contributed by atoms with van der Waals surface area (Å²) in [6.07, 6.45) is 1.86. The predicted molar refractivity (Wildman–Crippen MR) is 87.0 cm³/mol. The van der Waals surface area contributed by atoms with E-state index in [2.05, 4.69) is 16.4 Å². The Morgan fingerprint density at radius 1 is 1.30 bits per heavy atom. The summed E-state index contributed by atoms with van der Waals surface area (Å²) in [4.78, 5) is 4.43. The van der Waals surface area contributed by atoms with Crippen molar-refractivity contribution in [1.82, 2.24) is 4.98 Å². The predicted octanol–water partition coefficient (Wildman–Crippen LogP) is 3.52. The van der Waals surface area contributed by atoms with E-state index >= 15 is 0 Å². The summed E-state index contributed by atoms with van der Waals surface area (Å²) < 4.78 is 11.7. The van der Waals surface area contributed by atoms with E-state index in [9.17, 15) is 0 Å². The standard InChI is InChI=1S/C18H19N3O2/c1-12-17-16(11-22-18(2,3)23-17)14(9-20-12)10-21-15-6-4-13(8-19)5-7-15/h4-7,9,21H,10-11H2,1-3H3. The third-order valence-corrected chi connectivity index (χ3v) is 3.81. The molecule has 5 heteroatoms. The average Bonchev–Trinajstić information content (AvgIpc) is 2.54. The maximum absolute atomic E-state index is 8.83. The minimum atomic E-state index is -0.626. The number of pyridine rings is 1. The largest absolute Gasteiger partial charge is 0.461 e. The molecule has 1 aromatic carbocycles. The lowest BCUT2D eigenvalue weighted by molar-refractivity contribution is -0.180. The van der Waals surface area contributed by atoms with Crippen LogP contribution in [0.4, 0.5) is 5.69 Å². The summed E-state index contributed by atoms with van der Waals surface area (Å²) in [5.74, 6) is 0.193. The van der Waals surface area contributed by atoms with E-state index in [4.69, 9.17) is 14.7 Å². The van der Waals surface area contributed by atoms with Crippen LogP contribution < -0.4 is 10.1 Å². The molecule has 1 aliphatic heterocycles. The van der Waals surface area contributed by atoms with Gasteiger partial charge in [0.05, 0.1) is 23.9 Å². The minimum Gasteiger partial charge on any atom is -0.461 e. The van der Waals surface area contributed by atoms with E-state index in [0.717, 1.165) is 28.3 Å². The average molecular weight is 309 g/mol. The molecule has 0 radical (unpaired) electrons. The van der Waals surface area contributed by atoms with Gasteiger partial charge in [-0.05, 0) is 36.8 Å². The number of nitriles is 1. The second-order valence-electron chi connectivity index (χ2n) is 6.01. The van der Waals surface area contributed by atoms with Crippen molar-refractivity contribution in [3.8, 4) is 11.8 Å². The number of ether oxygens (including phenoxy) is 2. The summed E-state index contributed by atoms with van der Waals surface area (Å²) in [5.41, 5.74) is 4.56. The molecule has 0 atom stereocenters. The minimum absolute atomic E-state index is 0.510. The number of benzene rings is 1. The van der Waals surface area contributed by atoms with Crippen LogP contribution in [0.25, 0.3) is 0 Å². The topological polar surface area (TPSA) is 67.2 Å². The molecule has 1 N–H and O–H groups in total. The molecule has 2 heterocycles. The van der Waals surface area contributed by atoms with E-state index in [1.54, 1.807) is 12.1 Å². The summed E-state index contributed by atoms with van der Waals surface area (Å²) in [6, 6.07) is 9.48. The second kappa shape index (κ2) is 5.90. The lowest BCUT2D eigenvalue weighted by Gasteiger charge is -2.34. The fraction of sp³-hybridized carbons (Fsp3) is 0.333. The van der Waals surface area contributed by atoms with Gasteiger partial charge in [-0.2, -0.15) is 5.26 Å². The highest BCUT2D eigenvalue weighted by atomic mass is 16.7. The first-order chi connectivity index (χ1) is 11.0. The molecule has 1 aliphatic rings. The number of aryl methyl sites for hydroxylation is 1. The summed E-state index contributed by atoms with van der Waals surface area (Å²) in [7, 11) is 0. The fourth-order valence-electron chi connectivity index (χ4n) is 2.50. The van der Waals surface area contributed by atoms with Gasteiger partial charge in [0.25, 0.3) is 0 Å². The van der Waals surface area contributed by atoms with E-state index in [0.29, 0.717) is 18.7 Å². The van der Waals surface area contributed by atoms with Gasteiger partial charge in [0.1, 0.15) is 5.75 Å². The van der Waals surface area contributed by atoms with E-state index in [1.807, 2.05) is 39.1 Å². The molecule has 5 nitrogen and oxygen atoms in total. The number of anilines is 1. The molecule has 3 rings (SSSR count). The molecule has 118 valence electrons. The molecule has 0 saturated heterocycles. The zero-order chi connectivity index (χ0) is 16.4. The molecule has 0 spiro atoms. The second-order valence-corrected chi connectivity index (χ2v) is 6.01. The van der Waals surface area contributed by atoms with Crippen LogP contribution in [0.3, 0.4) is 0 Å². The van der Waals surface area contributed by atoms with Crippen LogP contribution in [-0.2, 0) is 17.9 Å². The Morgan fingerprint density at radius 3 is 2.74 bits per heavy atom. The van der Waals surface area contributed by atoms with Gasteiger partial charge < -0.3 is 14.8 Å². The third kappa shape index (κ3) is 3.27. The van der Waals surface area contributed by atoms with Gasteiger partial charge in [-0.3, -0.25) is 4.98 Å². The number of nitrogens with zero attached hydrogens (tertiary/aromatic N) is 2. The quantitative estimate of drug-likeness (QED) is 0.939. The number of nitrogens with one attached hydrogen (secondary N) is 1. The van der Waals surface area contributed by atoms with E-state index in [1.165, 1.54) is 0 Å². The SMILES string of the molecule is Cc1ncc(CNc2ccc(C#N)cc2)c2c1OC(C)(C)OC2. The fourth-order valence-corrected chi connectivity index (χ4v) is 2.50. The maximum atomic E-state index is 8.83. The molecule has 0 bridgehead atoms. The molecular formula is C18H19N3O2. The van der Waals surface area contributed by atoms with Crippen LogP contribution in [0.2, 0.25) is 0 Å². The first-order valence-electron chi connectivity index (χ1n) is 7.53. The lowest BCUT2D eigenvalue weighted by Crippen LogP contribution is -2.36. The molecule has 23 heavy (non-hydrogen) atoms.